The first kappa shape index (κ1) is 22.5. The molecule has 0 atom stereocenters. The van der Waals surface area contributed by atoms with E-state index in [9.17, 15) is 9.90 Å². The van der Waals surface area contributed by atoms with Crippen LogP contribution in [-0.2, 0) is 4.79 Å². The molecular weight excluding hydrogens is 432 g/mol. The van der Waals surface area contributed by atoms with Gasteiger partial charge in [-0.1, -0.05) is 29.8 Å². The minimum absolute atomic E-state index is 0.0528. The zero-order valence-electron chi connectivity index (χ0n) is 15.4. The Kier molecular flexibility index (Phi) is 8.59. The van der Waals surface area contributed by atoms with E-state index in [-0.39, 0.29) is 16.7 Å². The molecule has 0 unspecified atom stereocenters. The number of hydrogen-bond acceptors (Lipinski definition) is 6. The van der Waals surface area contributed by atoms with Crippen LogP contribution < -0.4 is 5.84 Å². The van der Waals surface area contributed by atoms with E-state index >= 15 is 0 Å². The summed E-state index contributed by atoms with van der Waals surface area (Å²) in [5.74, 6) is 5.31. The van der Waals surface area contributed by atoms with E-state index in [1.165, 1.54) is 29.6 Å². The highest BCUT2D eigenvalue weighted by molar-refractivity contribution is 7.85. The summed E-state index contributed by atoms with van der Waals surface area (Å²) < 4.78 is 0. The summed E-state index contributed by atoms with van der Waals surface area (Å²) in [4.78, 5) is 12.2. The van der Waals surface area contributed by atoms with Gasteiger partial charge in [0.25, 0.3) is 5.91 Å². The lowest BCUT2D eigenvalue weighted by Gasteiger charge is -2.26. The average Bonchev–Trinajstić information content (AvgIpc) is 3.38. The number of aryl methyl sites for hydroxylation is 1. The highest BCUT2D eigenvalue weighted by Crippen LogP contribution is 2.31. The molecule has 1 aromatic carbocycles. The van der Waals surface area contributed by atoms with Gasteiger partial charge in [0.15, 0.2) is 0 Å². The molecule has 1 amide bonds. The van der Waals surface area contributed by atoms with Crippen LogP contribution in [0, 0.1) is 6.92 Å². The standard InChI is InChI=1S/C13H14N2O2S3.C7H7Cl/c1-8(16)12(18)13(17)15(14)11(9-2-4-19-6-9)10-3-5-20-7-10;1-6-4-2-3-5-7(6)8/h2-7,11,16,18H,14H2,1H3;2-5H,1H3/b12-8-;. The van der Waals surface area contributed by atoms with Crippen molar-refractivity contribution in [1.29, 1.82) is 0 Å². The Morgan fingerprint density at radius 2 is 1.68 bits per heavy atom. The number of rotatable bonds is 4. The number of benzene rings is 1. The normalized spacial score (nSPS) is 11.5. The molecule has 0 spiro atoms. The zero-order chi connectivity index (χ0) is 20.7. The third-order valence-corrected chi connectivity index (χ3v) is 6.19. The Labute approximate surface area is 183 Å². The second-order valence-electron chi connectivity index (χ2n) is 5.91. The van der Waals surface area contributed by atoms with E-state index in [0.717, 1.165) is 26.7 Å². The van der Waals surface area contributed by atoms with E-state index in [2.05, 4.69) is 12.6 Å². The zero-order valence-corrected chi connectivity index (χ0v) is 18.7. The van der Waals surface area contributed by atoms with Crippen molar-refractivity contribution in [2.45, 2.75) is 19.9 Å². The Bertz CT molecular complexity index is 866. The number of amides is 1. The van der Waals surface area contributed by atoms with Crippen LogP contribution >= 0.6 is 46.9 Å². The van der Waals surface area contributed by atoms with Gasteiger partial charge in [-0.15, -0.1) is 12.6 Å². The van der Waals surface area contributed by atoms with Crippen molar-refractivity contribution in [3.05, 3.63) is 90.3 Å². The van der Waals surface area contributed by atoms with Crippen molar-refractivity contribution in [2.24, 2.45) is 5.84 Å². The fraction of sp³-hybridized carbons (Fsp3) is 0.150. The number of hydrogen-bond donors (Lipinski definition) is 3. The average molecular weight is 453 g/mol. The third-order valence-electron chi connectivity index (χ3n) is 3.85. The molecule has 8 heteroatoms. The highest BCUT2D eigenvalue weighted by atomic mass is 35.5. The Balaban J connectivity index is 0.000000292. The van der Waals surface area contributed by atoms with Crippen LogP contribution in [0.15, 0.2) is 68.6 Å². The molecule has 3 N–H and O–H groups in total. The summed E-state index contributed by atoms with van der Waals surface area (Å²) >= 11 is 12.8. The molecule has 0 saturated heterocycles. The van der Waals surface area contributed by atoms with Crippen molar-refractivity contribution in [3.8, 4) is 0 Å². The second kappa shape index (κ2) is 10.7. The molecule has 148 valence electrons. The fourth-order valence-corrected chi connectivity index (χ4v) is 3.93. The molecule has 4 nitrogen and oxygen atoms in total. The van der Waals surface area contributed by atoms with Crippen molar-refractivity contribution in [2.75, 3.05) is 0 Å². The number of aliphatic hydroxyl groups excluding tert-OH is 1. The number of thiophene rings is 2. The molecule has 2 heterocycles. The van der Waals surface area contributed by atoms with Crippen LogP contribution in [0.5, 0.6) is 0 Å². The number of hydrazine groups is 1. The number of nitrogens with two attached hydrogens (primary N) is 1. The number of carbonyl (C=O) groups excluding carboxylic acids is 1. The van der Waals surface area contributed by atoms with Gasteiger partial charge in [0.05, 0.1) is 6.04 Å². The summed E-state index contributed by atoms with van der Waals surface area (Å²) in [6.07, 6.45) is 0. The topological polar surface area (TPSA) is 66.6 Å². The molecule has 3 aromatic rings. The largest absolute Gasteiger partial charge is 0.511 e. The lowest BCUT2D eigenvalue weighted by molar-refractivity contribution is -0.128. The fourth-order valence-electron chi connectivity index (χ4n) is 2.32. The first-order valence-electron chi connectivity index (χ1n) is 8.25. The summed E-state index contributed by atoms with van der Waals surface area (Å²) in [5, 5.41) is 19.1. The van der Waals surface area contributed by atoms with Gasteiger partial charge in [0, 0.05) is 5.02 Å². The smallest absolute Gasteiger partial charge is 0.278 e. The summed E-state index contributed by atoms with van der Waals surface area (Å²) in [6.45, 7) is 3.39. The Morgan fingerprint density at radius 3 is 2.04 bits per heavy atom. The van der Waals surface area contributed by atoms with Crippen LogP contribution in [0.25, 0.3) is 0 Å². The molecule has 0 aliphatic rings. The van der Waals surface area contributed by atoms with E-state index in [0.29, 0.717) is 0 Å². The van der Waals surface area contributed by atoms with Crippen LogP contribution in [0.1, 0.15) is 29.7 Å². The van der Waals surface area contributed by atoms with Crippen molar-refractivity contribution in [1.82, 2.24) is 5.01 Å². The molecule has 2 aromatic heterocycles. The van der Waals surface area contributed by atoms with Crippen LogP contribution in [0.2, 0.25) is 5.02 Å². The second-order valence-corrected chi connectivity index (χ2v) is 8.33. The van der Waals surface area contributed by atoms with Crippen LogP contribution in [0.3, 0.4) is 0 Å². The van der Waals surface area contributed by atoms with Crippen molar-refractivity contribution < 1.29 is 9.90 Å². The molecule has 0 saturated carbocycles. The van der Waals surface area contributed by atoms with Crippen LogP contribution in [0.4, 0.5) is 0 Å². The number of allylic oxidation sites excluding steroid dienone is 1. The quantitative estimate of drug-likeness (QED) is 0.114. The molecule has 0 aliphatic heterocycles. The van der Waals surface area contributed by atoms with Crippen LogP contribution in [-0.4, -0.2) is 16.0 Å². The molecule has 3 rings (SSSR count). The van der Waals surface area contributed by atoms with Gasteiger partial charge in [-0.05, 0) is 70.3 Å². The van der Waals surface area contributed by atoms with Crippen molar-refractivity contribution in [3.63, 3.8) is 0 Å². The van der Waals surface area contributed by atoms with Gasteiger partial charge >= 0.3 is 0 Å². The van der Waals surface area contributed by atoms with E-state index in [4.69, 9.17) is 17.4 Å². The molecule has 0 bridgehead atoms. The summed E-state index contributed by atoms with van der Waals surface area (Å²) in [7, 11) is 0. The lowest BCUT2D eigenvalue weighted by atomic mass is 10.0. The van der Waals surface area contributed by atoms with E-state index in [1.54, 1.807) is 0 Å². The molecular formula is C20H21ClN2O2S3. The minimum atomic E-state index is -0.518. The maximum absolute atomic E-state index is 12.2. The first-order chi connectivity index (χ1) is 13.3. The minimum Gasteiger partial charge on any atom is -0.511 e. The number of aliphatic hydroxyl groups is 1. The van der Waals surface area contributed by atoms with Gasteiger partial charge < -0.3 is 5.11 Å². The first-order valence-corrected chi connectivity index (χ1v) is 11.0. The molecule has 0 radical (unpaired) electrons. The van der Waals surface area contributed by atoms with E-state index < -0.39 is 5.91 Å². The maximum atomic E-state index is 12.2. The van der Waals surface area contributed by atoms with Gasteiger partial charge in [0.2, 0.25) is 0 Å². The maximum Gasteiger partial charge on any atom is 0.278 e. The number of halogens is 1. The predicted octanol–water partition coefficient (Wildman–Crippen LogP) is 5.97. The molecule has 0 fully saturated rings. The number of thiol groups is 1. The molecule has 0 aliphatic carbocycles. The Hall–Kier alpha value is -1.77. The van der Waals surface area contributed by atoms with Gasteiger partial charge in [-0.25, -0.2) is 5.84 Å². The van der Waals surface area contributed by atoms with Gasteiger partial charge in [0.1, 0.15) is 10.7 Å². The van der Waals surface area contributed by atoms with Gasteiger partial charge in [-0.3, -0.25) is 9.80 Å². The van der Waals surface area contributed by atoms with E-state index in [1.807, 2.05) is 64.8 Å². The Morgan fingerprint density at radius 1 is 1.14 bits per heavy atom. The third kappa shape index (κ3) is 5.86. The summed E-state index contributed by atoms with van der Waals surface area (Å²) in [6, 6.07) is 11.2. The van der Waals surface area contributed by atoms with Crippen molar-refractivity contribution >= 4 is 52.8 Å². The number of nitrogens with zero attached hydrogens (tertiary/aromatic N) is 1. The highest BCUT2D eigenvalue weighted by Gasteiger charge is 2.27. The predicted molar refractivity (Wildman–Crippen MR) is 122 cm³/mol. The monoisotopic (exact) mass is 452 g/mol. The molecule has 28 heavy (non-hydrogen) atoms. The SMILES string of the molecule is C/C(O)=C(/S)C(=O)N(N)C(c1ccsc1)c1ccsc1.Cc1ccccc1Cl. The number of carbonyl (C=O) groups is 1. The summed E-state index contributed by atoms with van der Waals surface area (Å²) in [5.41, 5.74) is 3.00. The van der Waals surface area contributed by atoms with Gasteiger partial charge in [-0.2, -0.15) is 22.7 Å². The lowest BCUT2D eigenvalue weighted by Crippen LogP contribution is -2.41.